The van der Waals surface area contributed by atoms with Gasteiger partial charge in [-0.3, -0.25) is 15.2 Å². The van der Waals surface area contributed by atoms with Crippen molar-refractivity contribution in [1.29, 1.82) is 0 Å². The Kier molecular flexibility index (Phi) is 3.05. The molecule has 0 bridgehead atoms. The molecule has 0 atom stereocenters. The Hall–Kier alpha value is -1.93. The number of rotatable bonds is 3. The summed E-state index contributed by atoms with van der Waals surface area (Å²) < 4.78 is 22.6. The van der Waals surface area contributed by atoms with Crippen LogP contribution < -0.4 is 0 Å². The van der Waals surface area contributed by atoms with Crippen LogP contribution in [0.3, 0.4) is 0 Å². The van der Waals surface area contributed by atoms with Gasteiger partial charge in [0.15, 0.2) is 0 Å². The van der Waals surface area contributed by atoms with Gasteiger partial charge in [0, 0.05) is 16.7 Å². The standard InChI is InChI=1S/C9H6ClN3O4S/c10-18(16,17)8-5-11-12-9(8)6-3-1-2-4-7(6)13(14)15/h1-5H,(H,11,12). The lowest BCUT2D eigenvalue weighted by molar-refractivity contribution is -0.384. The maximum Gasteiger partial charge on any atom is 0.278 e. The first-order valence-corrected chi connectivity index (χ1v) is 6.94. The van der Waals surface area contributed by atoms with Crippen LogP contribution in [0.5, 0.6) is 0 Å². The van der Waals surface area contributed by atoms with E-state index in [1.54, 1.807) is 6.07 Å². The Morgan fingerprint density at radius 3 is 2.61 bits per heavy atom. The van der Waals surface area contributed by atoms with Crippen LogP contribution in [0.15, 0.2) is 35.4 Å². The van der Waals surface area contributed by atoms with Gasteiger partial charge >= 0.3 is 0 Å². The highest BCUT2D eigenvalue weighted by Gasteiger charge is 2.24. The molecule has 94 valence electrons. The molecule has 0 radical (unpaired) electrons. The summed E-state index contributed by atoms with van der Waals surface area (Å²) in [4.78, 5) is 9.96. The summed E-state index contributed by atoms with van der Waals surface area (Å²) in [6, 6.07) is 5.71. The molecular weight excluding hydrogens is 282 g/mol. The molecule has 18 heavy (non-hydrogen) atoms. The second kappa shape index (κ2) is 4.39. The minimum atomic E-state index is -4.02. The van der Waals surface area contributed by atoms with Gasteiger partial charge in [0.1, 0.15) is 4.90 Å². The van der Waals surface area contributed by atoms with E-state index in [2.05, 4.69) is 10.2 Å². The number of aromatic amines is 1. The normalized spacial score (nSPS) is 11.4. The van der Waals surface area contributed by atoms with E-state index in [4.69, 9.17) is 10.7 Å². The summed E-state index contributed by atoms with van der Waals surface area (Å²) in [5.41, 5.74) is -0.125. The third-order valence-electron chi connectivity index (χ3n) is 2.24. The average molecular weight is 288 g/mol. The molecule has 1 N–H and O–H groups in total. The molecule has 0 fully saturated rings. The van der Waals surface area contributed by atoms with Crippen LogP contribution >= 0.6 is 10.7 Å². The topological polar surface area (TPSA) is 106 Å². The molecule has 7 nitrogen and oxygen atoms in total. The predicted molar refractivity (Wildman–Crippen MR) is 63.7 cm³/mol. The van der Waals surface area contributed by atoms with Crippen molar-refractivity contribution in [1.82, 2.24) is 10.2 Å². The maximum atomic E-state index is 11.3. The van der Waals surface area contributed by atoms with Crippen molar-refractivity contribution in [2.45, 2.75) is 4.90 Å². The van der Waals surface area contributed by atoms with Crippen LogP contribution in [0.4, 0.5) is 5.69 Å². The first-order valence-electron chi connectivity index (χ1n) is 4.63. The number of nitro benzene ring substituents is 1. The number of hydrogen-bond acceptors (Lipinski definition) is 5. The highest BCUT2D eigenvalue weighted by Crippen LogP contribution is 2.33. The van der Waals surface area contributed by atoms with Crippen LogP contribution in [0.1, 0.15) is 0 Å². The number of nitro groups is 1. The summed E-state index contributed by atoms with van der Waals surface area (Å²) in [5, 5.41) is 16.8. The SMILES string of the molecule is O=[N+]([O-])c1ccccc1-c1[nH]ncc1S(=O)(=O)Cl. The number of halogens is 1. The number of hydrogen-bond donors (Lipinski definition) is 1. The van der Waals surface area contributed by atoms with E-state index in [9.17, 15) is 18.5 Å². The van der Waals surface area contributed by atoms with Gasteiger partial charge in [-0.25, -0.2) is 8.42 Å². The van der Waals surface area contributed by atoms with Gasteiger partial charge in [0.05, 0.1) is 22.4 Å². The molecule has 0 aliphatic heterocycles. The fraction of sp³-hybridized carbons (Fsp3) is 0. The number of para-hydroxylation sites is 1. The molecule has 0 amide bonds. The van der Waals surface area contributed by atoms with Crippen LogP contribution in [0, 0.1) is 10.1 Å². The molecule has 1 aromatic heterocycles. The third-order valence-corrected chi connectivity index (χ3v) is 3.57. The molecule has 2 aromatic rings. The summed E-state index contributed by atoms with van der Waals surface area (Å²) in [6.45, 7) is 0. The summed E-state index contributed by atoms with van der Waals surface area (Å²) in [5.74, 6) is 0. The van der Waals surface area contributed by atoms with Crippen molar-refractivity contribution < 1.29 is 13.3 Å². The van der Waals surface area contributed by atoms with Crippen molar-refractivity contribution >= 4 is 25.4 Å². The Bertz CT molecular complexity index is 710. The largest absolute Gasteiger partial charge is 0.278 e. The van der Waals surface area contributed by atoms with Crippen molar-refractivity contribution in [3.8, 4) is 11.3 Å². The van der Waals surface area contributed by atoms with Gasteiger partial charge in [-0.15, -0.1) is 0 Å². The van der Waals surface area contributed by atoms with Crippen LogP contribution in [-0.2, 0) is 9.05 Å². The number of aromatic nitrogens is 2. The Labute approximate surface area is 106 Å². The quantitative estimate of drug-likeness (QED) is 0.527. The molecular formula is C9H6ClN3O4S. The molecule has 0 aliphatic rings. The van der Waals surface area contributed by atoms with Gasteiger partial charge < -0.3 is 0 Å². The molecule has 0 saturated carbocycles. The molecule has 0 spiro atoms. The van der Waals surface area contributed by atoms with E-state index < -0.39 is 14.0 Å². The fourth-order valence-corrected chi connectivity index (χ4v) is 2.43. The lowest BCUT2D eigenvalue weighted by Gasteiger charge is -2.01. The van der Waals surface area contributed by atoms with Crippen LogP contribution in [0.2, 0.25) is 0 Å². The maximum absolute atomic E-state index is 11.3. The number of benzene rings is 1. The molecule has 0 unspecified atom stereocenters. The molecule has 1 aromatic carbocycles. The number of H-pyrrole nitrogens is 1. The Morgan fingerprint density at radius 1 is 1.33 bits per heavy atom. The van der Waals surface area contributed by atoms with Crippen molar-refractivity contribution in [2.24, 2.45) is 0 Å². The van der Waals surface area contributed by atoms with Gasteiger partial charge in [-0.05, 0) is 6.07 Å². The zero-order valence-electron chi connectivity index (χ0n) is 8.70. The molecule has 1 heterocycles. The van der Waals surface area contributed by atoms with E-state index >= 15 is 0 Å². The molecule has 0 saturated heterocycles. The van der Waals surface area contributed by atoms with E-state index in [1.807, 2.05) is 0 Å². The fourth-order valence-electron chi connectivity index (χ4n) is 1.50. The molecule has 2 rings (SSSR count). The minimum Gasteiger partial charge on any atom is -0.276 e. The second-order valence-corrected chi connectivity index (χ2v) is 5.86. The van der Waals surface area contributed by atoms with Crippen molar-refractivity contribution in [3.63, 3.8) is 0 Å². The Balaban J connectivity index is 2.71. The number of nitrogens with zero attached hydrogens (tertiary/aromatic N) is 2. The number of nitrogens with one attached hydrogen (secondary N) is 1. The smallest absolute Gasteiger partial charge is 0.276 e. The van der Waals surface area contributed by atoms with Gasteiger partial charge in [0.25, 0.3) is 14.7 Å². The van der Waals surface area contributed by atoms with E-state index in [0.717, 1.165) is 6.20 Å². The van der Waals surface area contributed by atoms with Gasteiger partial charge in [0.2, 0.25) is 0 Å². The third kappa shape index (κ3) is 2.20. The minimum absolute atomic E-state index is 0.00250. The van der Waals surface area contributed by atoms with Gasteiger partial charge in [-0.1, -0.05) is 12.1 Å². The van der Waals surface area contributed by atoms with Crippen molar-refractivity contribution in [3.05, 3.63) is 40.6 Å². The highest BCUT2D eigenvalue weighted by atomic mass is 35.7. The van der Waals surface area contributed by atoms with Crippen molar-refractivity contribution in [2.75, 3.05) is 0 Å². The monoisotopic (exact) mass is 287 g/mol. The van der Waals surface area contributed by atoms with E-state index in [1.165, 1.54) is 18.2 Å². The zero-order chi connectivity index (χ0) is 13.3. The summed E-state index contributed by atoms with van der Waals surface area (Å²) in [6.07, 6.45) is 1.01. The lowest BCUT2D eigenvalue weighted by atomic mass is 10.1. The van der Waals surface area contributed by atoms with Crippen LogP contribution in [0.25, 0.3) is 11.3 Å². The highest BCUT2D eigenvalue weighted by molar-refractivity contribution is 8.13. The average Bonchev–Trinajstić information content (AvgIpc) is 2.77. The van der Waals surface area contributed by atoms with Crippen LogP contribution in [-0.4, -0.2) is 23.5 Å². The predicted octanol–water partition coefficient (Wildman–Crippen LogP) is 1.91. The summed E-state index contributed by atoms with van der Waals surface area (Å²) in [7, 11) is 1.20. The lowest BCUT2D eigenvalue weighted by Crippen LogP contribution is -1.96. The molecule has 9 heteroatoms. The first-order chi connectivity index (χ1) is 8.41. The van der Waals surface area contributed by atoms with Gasteiger partial charge in [-0.2, -0.15) is 5.10 Å². The zero-order valence-corrected chi connectivity index (χ0v) is 10.3. The first kappa shape index (κ1) is 12.5. The second-order valence-electron chi connectivity index (χ2n) is 3.32. The van der Waals surface area contributed by atoms with E-state index in [-0.39, 0.29) is 21.8 Å². The summed E-state index contributed by atoms with van der Waals surface area (Å²) >= 11 is 0. The Morgan fingerprint density at radius 2 is 2.00 bits per heavy atom. The van der Waals surface area contributed by atoms with E-state index in [0.29, 0.717) is 0 Å². The molecule has 0 aliphatic carbocycles.